The molecule has 2 heterocycles. The highest BCUT2D eigenvalue weighted by Crippen LogP contribution is 2.38. The first-order chi connectivity index (χ1) is 16.8. The molecule has 0 saturated carbocycles. The topological polar surface area (TPSA) is 71.9 Å². The summed E-state index contributed by atoms with van der Waals surface area (Å²) in [5.74, 6) is 0.762. The number of carbonyl (C=O) groups is 1. The number of rotatable bonds is 8. The van der Waals surface area contributed by atoms with Crippen LogP contribution in [-0.4, -0.2) is 33.5 Å². The van der Waals surface area contributed by atoms with Crippen LogP contribution in [0, 0.1) is 13.8 Å². The lowest BCUT2D eigenvalue weighted by Gasteiger charge is -2.32. The minimum absolute atomic E-state index is 0.113. The van der Waals surface area contributed by atoms with Gasteiger partial charge < -0.3 is 19.5 Å². The second-order valence-corrected chi connectivity index (χ2v) is 9.52. The molecule has 0 aliphatic carbocycles. The molecule has 0 fully saturated rings. The van der Waals surface area contributed by atoms with Crippen LogP contribution in [0.4, 0.5) is 0 Å². The maximum atomic E-state index is 13.7. The van der Waals surface area contributed by atoms with E-state index in [1.807, 2.05) is 64.1 Å². The molecule has 1 aliphatic heterocycles. The van der Waals surface area contributed by atoms with Crippen LogP contribution in [-0.2, 0) is 26.2 Å². The summed E-state index contributed by atoms with van der Waals surface area (Å²) in [6, 6.07) is 13.7. The van der Waals surface area contributed by atoms with Gasteiger partial charge in [0.25, 0.3) is 5.91 Å². The van der Waals surface area contributed by atoms with E-state index in [0.29, 0.717) is 53.9 Å². The molecule has 3 aromatic rings. The Morgan fingerprint density at radius 3 is 2.60 bits per heavy atom. The third-order valence-electron chi connectivity index (χ3n) is 6.10. The van der Waals surface area contributed by atoms with Gasteiger partial charge >= 0.3 is 0 Å². The summed E-state index contributed by atoms with van der Waals surface area (Å²) < 4.78 is 12.0. The zero-order valence-electron chi connectivity index (χ0n) is 20.6. The Kier molecular flexibility index (Phi) is 7.63. The van der Waals surface area contributed by atoms with Gasteiger partial charge in [0.2, 0.25) is 5.88 Å². The third kappa shape index (κ3) is 5.44. The first-order valence-electron chi connectivity index (χ1n) is 11.8. The number of carbonyl (C=O) groups excluding carboxylic acids is 1. The molecule has 2 aromatic carbocycles. The lowest BCUT2D eigenvalue weighted by Crippen LogP contribution is -2.38. The van der Waals surface area contributed by atoms with Crippen LogP contribution in [0.25, 0.3) is 0 Å². The predicted molar refractivity (Wildman–Crippen MR) is 136 cm³/mol. The van der Waals surface area contributed by atoms with Gasteiger partial charge in [0.05, 0.1) is 29.8 Å². The van der Waals surface area contributed by atoms with Crippen molar-refractivity contribution in [2.45, 2.75) is 60.0 Å². The molecule has 0 spiro atoms. The number of aromatic nitrogens is 1. The zero-order chi connectivity index (χ0) is 25.1. The fourth-order valence-corrected chi connectivity index (χ4v) is 4.72. The average Bonchev–Trinajstić information content (AvgIpc) is 2.82. The molecule has 35 heavy (non-hydrogen) atoms. The number of benzene rings is 2. The van der Waals surface area contributed by atoms with E-state index in [1.165, 1.54) is 0 Å². The average molecular weight is 495 g/mol. The molecule has 1 N–H and O–H groups in total. The third-order valence-corrected chi connectivity index (χ3v) is 6.48. The van der Waals surface area contributed by atoms with Gasteiger partial charge in [0.1, 0.15) is 12.4 Å². The van der Waals surface area contributed by atoms with E-state index in [2.05, 4.69) is 4.98 Å². The number of fused-ring (bicyclic) bond motifs is 1. The molecule has 1 amide bonds. The number of aliphatic hydroxyl groups is 1. The standard InChI is InChI=1S/C28H31ClN2O4/c1-17(2)35-24-13-21(15-32)22-10-11-31(28(33)25(22)26(24)29)14-23-18(3)12-19(4)30-27(23)34-16-20-8-6-5-7-9-20/h5-9,12-13,17,32H,10-11,14-16H2,1-4H3. The molecule has 0 radical (unpaired) electrons. The van der Waals surface area contributed by atoms with Gasteiger partial charge in [-0.25, -0.2) is 4.98 Å². The molecular weight excluding hydrogens is 464 g/mol. The number of hydrogen-bond acceptors (Lipinski definition) is 5. The van der Waals surface area contributed by atoms with Gasteiger partial charge in [-0.3, -0.25) is 4.79 Å². The van der Waals surface area contributed by atoms with Gasteiger partial charge in [-0.15, -0.1) is 0 Å². The van der Waals surface area contributed by atoms with Crippen molar-refractivity contribution < 1.29 is 19.4 Å². The van der Waals surface area contributed by atoms with Crippen LogP contribution in [0.1, 0.15) is 57.7 Å². The lowest BCUT2D eigenvalue weighted by atomic mass is 9.93. The Morgan fingerprint density at radius 2 is 1.91 bits per heavy atom. The molecule has 1 aliphatic rings. The van der Waals surface area contributed by atoms with Gasteiger partial charge in [-0.05, 0) is 68.5 Å². The van der Waals surface area contributed by atoms with Crippen molar-refractivity contribution in [3.63, 3.8) is 0 Å². The van der Waals surface area contributed by atoms with Gasteiger partial charge in [0, 0.05) is 17.8 Å². The number of hydrogen-bond donors (Lipinski definition) is 1. The maximum absolute atomic E-state index is 13.7. The maximum Gasteiger partial charge on any atom is 0.256 e. The van der Waals surface area contributed by atoms with Crippen LogP contribution in [0.15, 0.2) is 42.5 Å². The van der Waals surface area contributed by atoms with Crippen LogP contribution < -0.4 is 9.47 Å². The summed E-state index contributed by atoms with van der Waals surface area (Å²) in [7, 11) is 0. The van der Waals surface area contributed by atoms with Crippen LogP contribution >= 0.6 is 11.6 Å². The van der Waals surface area contributed by atoms with E-state index in [9.17, 15) is 9.90 Å². The summed E-state index contributed by atoms with van der Waals surface area (Å²) in [5.41, 5.74) is 5.65. The van der Waals surface area contributed by atoms with Crippen molar-refractivity contribution in [1.29, 1.82) is 0 Å². The Labute approximate surface area is 211 Å². The van der Waals surface area contributed by atoms with Crippen molar-refractivity contribution >= 4 is 17.5 Å². The van der Waals surface area contributed by atoms with E-state index < -0.39 is 0 Å². The number of pyridine rings is 1. The number of nitrogens with zero attached hydrogens (tertiary/aromatic N) is 2. The minimum atomic E-state index is -0.186. The van der Waals surface area contributed by atoms with Crippen molar-refractivity contribution in [1.82, 2.24) is 9.88 Å². The highest BCUT2D eigenvalue weighted by molar-refractivity contribution is 6.35. The number of ether oxygens (including phenoxy) is 2. The summed E-state index contributed by atoms with van der Waals surface area (Å²) in [6.07, 6.45) is 0.481. The summed E-state index contributed by atoms with van der Waals surface area (Å²) in [4.78, 5) is 20.1. The zero-order valence-corrected chi connectivity index (χ0v) is 21.4. The monoisotopic (exact) mass is 494 g/mol. The van der Waals surface area contributed by atoms with Crippen LogP contribution in [0.3, 0.4) is 0 Å². The summed E-state index contributed by atoms with van der Waals surface area (Å²) >= 11 is 6.67. The summed E-state index contributed by atoms with van der Waals surface area (Å²) in [5, 5.41) is 10.2. The van der Waals surface area contributed by atoms with Gasteiger partial charge in [0.15, 0.2) is 0 Å². The molecule has 0 saturated heterocycles. The molecule has 0 bridgehead atoms. The van der Waals surface area contributed by atoms with E-state index in [0.717, 1.165) is 27.9 Å². The number of amides is 1. The first kappa shape index (κ1) is 25.0. The molecule has 4 rings (SSSR count). The second-order valence-electron chi connectivity index (χ2n) is 9.14. The summed E-state index contributed by atoms with van der Waals surface area (Å²) in [6.45, 7) is 8.79. The minimum Gasteiger partial charge on any atom is -0.489 e. The van der Waals surface area contributed by atoms with Gasteiger partial charge in [-0.1, -0.05) is 41.9 Å². The SMILES string of the molecule is Cc1cc(C)c(CN2CCc3c(CO)cc(OC(C)C)c(Cl)c3C2=O)c(OCc2ccccc2)n1. The quantitative estimate of drug-likeness (QED) is 0.453. The van der Waals surface area contributed by atoms with Crippen molar-refractivity contribution in [3.8, 4) is 11.6 Å². The van der Waals surface area contributed by atoms with E-state index in [4.69, 9.17) is 21.1 Å². The largest absolute Gasteiger partial charge is 0.489 e. The number of halogens is 1. The molecule has 0 unspecified atom stereocenters. The normalized spacial score (nSPS) is 13.2. The molecule has 0 atom stereocenters. The van der Waals surface area contributed by atoms with Crippen molar-refractivity contribution in [3.05, 3.63) is 86.6 Å². The molecular formula is C28H31ClN2O4. The van der Waals surface area contributed by atoms with Crippen LogP contribution in [0.5, 0.6) is 11.6 Å². The molecule has 184 valence electrons. The first-order valence-corrected chi connectivity index (χ1v) is 12.2. The van der Waals surface area contributed by atoms with E-state index >= 15 is 0 Å². The van der Waals surface area contributed by atoms with E-state index in [-0.39, 0.29) is 18.6 Å². The highest BCUT2D eigenvalue weighted by Gasteiger charge is 2.32. The highest BCUT2D eigenvalue weighted by atomic mass is 35.5. The number of aliphatic hydroxyl groups excluding tert-OH is 1. The van der Waals surface area contributed by atoms with Crippen molar-refractivity contribution in [2.24, 2.45) is 0 Å². The van der Waals surface area contributed by atoms with Gasteiger partial charge in [-0.2, -0.15) is 0 Å². The fraction of sp³-hybridized carbons (Fsp3) is 0.357. The number of aryl methyl sites for hydroxylation is 2. The smallest absolute Gasteiger partial charge is 0.256 e. The van der Waals surface area contributed by atoms with E-state index in [1.54, 1.807) is 11.0 Å². The second kappa shape index (κ2) is 10.7. The van der Waals surface area contributed by atoms with Crippen LogP contribution in [0.2, 0.25) is 5.02 Å². The lowest BCUT2D eigenvalue weighted by molar-refractivity contribution is 0.0723. The Morgan fingerprint density at radius 1 is 1.17 bits per heavy atom. The van der Waals surface area contributed by atoms with Crippen molar-refractivity contribution in [2.75, 3.05) is 6.54 Å². The molecule has 1 aromatic heterocycles. The molecule has 6 nitrogen and oxygen atoms in total. The predicted octanol–water partition coefficient (Wildman–Crippen LogP) is 5.41. The Hall–Kier alpha value is -3.09. The Bertz CT molecular complexity index is 1230. The molecule has 7 heteroatoms. The fourth-order valence-electron chi connectivity index (χ4n) is 4.43. The Balaban J connectivity index is 1.65.